The molecule has 0 aromatic rings. The first kappa shape index (κ1) is 22.9. The Labute approximate surface area is 150 Å². The monoisotopic (exact) mass is 336 g/mol. The van der Waals surface area contributed by atoms with Crippen LogP contribution in [0, 0.1) is 5.92 Å². The van der Waals surface area contributed by atoms with Gasteiger partial charge in [-0.05, 0) is 57.3 Å². The lowest BCUT2D eigenvalue weighted by molar-refractivity contribution is -0.150. The number of unbranched alkanes of at least 4 members (excludes halogenated alkanes) is 8. The molecule has 0 aromatic heterocycles. The summed E-state index contributed by atoms with van der Waals surface area (Å²) in [5.74, 6) is 0.351. The average molecular weight is 337 g/mol. The Morgan fingerprint density at radius 2 is 1.29 bits per heavy atom. The Kier molecular flexibility index (Phi) is 16.1. The summed E-state index contributed by atoms with van der Waals surface area (Å²) in [5.41, 5.74) is 0. The van der Waals surface area contributed by atoms with Gasteiger partial charge >= 0.3 is 5.97 Å². The van der Waals surface area contributed by atoms with Gasteiger partial charge in [0.15, 0.2) is 0 Å². The van der Waals surface area contributed by atoms with Gasteiger partial charge in [-0.3, -0.25) is 4.79 Å². The minimum absolute atomic E-state index is 0.0201. The fraction of sp³-hybridized carbons (Fsp3) is 0.773. The van der Waals surface area contributed by atoms with Crippen molar-refractivity contribution in [2.75, 3.05) is 0 Å². The SMILES string of the molecule is C=CCCCCCCC(CCCCCCC=C)OC(=O)CC(C)C. The van der Waals surface area contributed by atoms with Gasteiger partial charge in [0.2, 0.25) is 0 Å². The first-order valence-electron chi connectivity index (χ1n) is 10.0. The lowest BCUT2D eigenvalue weighted by Gasteiger charge is -2.19. The Hall–Kier alpha value is -1.05. The quantitative estimate of drug-likeness (QED) is 0.162. The molecular weight excluding hydrogens is 296 g/mol. The number of allylic oxidation sites excluding steroid dienone is 2. The van der Waals surface area contributed by atoms with Crippen LogP contribution in [-0.2, 0) is 9.53 Å². The third-order valence-corrected chi connectivity index (χ3v) is 4.24. The molecule has 0 aliphatic rings. The van der Waals surface area contributed by atoms with E-state index in [1.807, 2.05) is 12.2 Å². The second-order valence-corrected chi connectivity index (χ2v) is 7.27. The van der Waals surface area contributed by atoms with E-state index >= 15 is 0 Å². The molecule has 0 fully saturated rings. The van der Waals surface area contributed by atoms with Gasteiger partial charge in [0.25, 0.3) is 0 Å². The van der Waals surface area contributed by atoms with Crippen molar-refractivity contribution in [3.8, 4) is 0 Å². The predicted octanol–water partition coefficient (Wildman–Crippen LogP) is 7.00. The summed E-state index contributed by atoms with van der Waals surface area (Å²) in [6.45, 7) is 11.7. The van der Waals surface area contributed by atoms with E-state index in [-0.39, 0.29) is 12.1 Å². The molecule has 0 amide bonds. The summed E-state index contributed by atoms with van der Waals surface area (Å²) in [7, 11) is 0. The third kappa shape index (κ3) is 15.8. The van der Waals surface area contributed by atoms with Gasteiger partial charge in [-0.1, -0.05) is 51.7 Å². The van der Waals surface area contributed by atoms with Crippen molar-refractivity contribution in [3.63, 3.8) is 0 Å². The van der Waals surface area contributed by atoms with Crippen LogP contribution in [0.15, 0.2) is 25.3 Å². The zero-order valence-corrected chi connectivity index (χ0v) is 16.2. The highest BCUT2D eigenvalue weighted by atomic mass is 16.5. The molecule has 0 atom stereocenters. The second kappa shape index (κ2) is 16.8. The number of carbonyl (C=O) groups is 1. The summed E-state index contributed by atoms with van der Waals surface area (Å²) in [6, 6.07) is 0. The number of ether oxygens (including phenoxy) is 1. The van der Waals surface area contributed by atoms with Gasteiger partial charge in [0.05, 0.1) is 0 Å². The maximum absolute atomic E-state index is 12.0. The first-order chi connectivity index (χ1) is 11.6. The van der Waals surface area contributed by atoms with Gasteiger partial charge < -0.3 is 4.74 Å². The molecule has 0 aliphatic heterocycles. The summed E-state index contributed by atoms with van der Waals surface area (Å²) in [4.78, 5) is 12.0. The molecule has 0 N–H and O–H groups in total. The number of esters is 1. The molecule has 0 bridgehead atoms. The summed E-state index contributed by atoms with van der Waals surface area (Å²) in [6.07, 6.45) is 18.6. The minimum Gasteiger partial charge on any atom is -0.462 e. The highest BCUT2D eigenvalue weighted by Crippen LogP contribution is 2.17. The number of rotatable bonds is 17. The van der Waals surface area contributed by atoms with Gasteiger partial charge in [-0.25, -0.2) is 0 Å². The van der Waals surface area contributed by atoms with Gasteiger partial charge in [0.1, 0.15) is 6.10 Å². The third-order valence-electron chi connectivity index (χ3n) is 4.24. The van der Waals surface area contributed by atoms with Crippen LogP contribution in [0.25, 0.3) is 0 Å². The van der Waals surface area contributed by atoms with Crippen molar-refractivity contribution in [2.24, 2.45) is 5.92 Å². The second-order valence-electron chi connectivity index (χ2n) is 7.27. The standard InChI is InChI=1S/C22H40O2/c1-5-7-9-11-13-15-17-21(24-22(23)19-20(3)4)18-16-14-12-10-8-6-2/h5-6,20-21H,1-2,7-19H2,3-4H3. The molecule has 0 heterocycles. The van der Waals surface area contributed by atoms with Crippen LogP contribution in [-0.4, -0.2) is 12.1 Å². The van der Waals surface area contributed by atoms with E-state index < -0.39 is 0 Å². The molecule has 0 aliphatic carbocycles. The maximum atomic E-state index is 12.0. The van der Waals surface area contributed by atoms with Crippen LogP contribution in [0.1, 0.15) is 97.3 Å². The Morgan fingerprint density at radius 3 is 1.71 bits per heavy atom. The summed E-state index contributed by atoms with van der Waals surface area (Å²) >= 11 is 0. The molecule has 140 valence electrons. The summed E-state index contributed by atoms with van der Waals surface area (Å²) < 4.78 is 5.75. The lowest BCUT2D eigenvalue weighted by Crippen LogP contribution is -2.19. The smallest absolute Gasteiger partial charge is 0.306 e. The maximum Gasteiger partial charge on any atom is 0.306 e. The molecule has 0 aromatic carbocycles. The molecule has 0 spiro atoms. The molecule has 2 heteroatoms. The molecule has 24 heavy (non-hydrogen) atoms. The molecule has 0 unspecified atom stereocenters. The predicted molar refractivity (Wildman–Crippen MR) is 105 cm³/mol. The number of hydrogen-bond donors (Lipinski definition) is 0. The molecule has 2 nitrogen and oxygen atoms in total. The zero-order chi connectivity index (χ0) is 18.0. The van der Waals surface area contributed by atoms with E-state index in [1.165, 1.54) is 38.5 Å². The molecule has 0 rings (SSSR count). The van der Waals surface area contributed by atoms with Crippen molar-refractivity contribution >= 4 is 5.97 Å². The highest BCUT2D eigenvalue weighted by Gasteiger charge is 2.15. The minimum atomic E-state index is -0.0201. The van der Waals surface area contributed by atoms with Crippen LogP contribution in [0.2, 0.25) is 0 Å². The fourth-order valence-electron chi connectivity index (χ4n) is 2.86. The van der Waals surface area contributed by atoms with Crippen LogP contribution in [0.3, 0.4) is 0 Å². The van der Waals surface area contributed by atoms with Crippen molar-refractivity contribution in [1.29, 1.82) is 0 Å². The van der Waals surface area contributed by atoms with E-state index in [0.29, 0.717) is 12.3 Å². The van der Waals surface area contributed by atoms with E-state index in [4.69, 9.17) is 4.74 Å². The number of hydrogen-bond acceptors (Lipinski definition) is 2. The summed E-state index contributed by atoms with van der Waals surface area (Å²) in [5, 5.41) is 0. The van der Waals surface area contributed by atoms with Crippen LogP contribution in [0.4, 0.5) is 0 Å². The first-order valence-corrected chi connectivity index (χ1v) is 10.0. The molecular formula is C22H40O2. The fourth-order valence-corrected chi connectivity index (χ4v) is 2.86. The Balaban J connectivity index is 4.01. The van der Waals surface area contributed by atoms with Gasteiger partial charge in [0, 0.05) is 6.42 Å². The molecule has 0 saturated heterocycles. The molecule has 0 saturated carbocycles. The van der Waals surface area contributed by atoms with Crippen LogP contribution >= 0.6 is 0 Å². The van der Waals surface area contributed by atoms with Crippen molar-refractivity contribution in [1.82, 2.24) is 0 Å². The normalized spacial score (nSPS) is 11.0. The highest BCUT2D eigenvalue weighted by molar-refractivity contribution is 5.69. The zero-order valence-electron chi connectivity index (χ0n) is 16.2. The molecule has 0 radical (unpaired) electrons. The van der Waals surface area contributed by atoms with Crippen molar-refractivity contribution in [3.05, 3.63) is 25.3 Å². The topological polar surface area (TPSA) is 26.3 Å². The Morgan fingerprint density at radius 1 is 0.833 bits per heavy atom. The van der Waals surface area contributed by atoms with E-state index in [9.17, 15) is 4.79 Å². The largest absolute Gasteiger partial charge is 0.462 e. The van der Waals surface area contributed by atoms with Gasteiger partial charge in [-0.15, -0.1) is 13.2 Å². The number of carbonyl (C=O) groups excluding carboxylic acids is 1. The Bertz CT molecular complexity index is 300. The van der Waals surface area contributed by atoms with Gasteiger partial charge in [-0.2, -0.15) is 0 Å². The van der Waals surface area contributed by atoms with Crippen molar-refractivity contribution < 1.29 is 9.53 Å². The average Bonchev–Trinajstić information content (AvgIpc) is 2.52. The van der Waals surface area contributed by atoms with E-state index in [2.05, 4.69) is 27.0 Å². The van der Waals surface area contributed by atoms with E-state index in [0.717, 1.165) is 38.5 Å². The van der Waals surface area contributed by atoms with E-state index in [1.54, 1.807) is 0 Å². The lowest BCUT2D eigenvalue weighted by atomic mass is 10.0. The van der Waals surface area contributed by atoms with Crippen LogP contribution < -0.4 is 0 Å². The van der Waals surface area contributed by atoms with Crippen LogP contribution in [0.5, 0.6) is 0 Å². The van der Waals surface area contributed by atoms with Crippen molar-refractivity contribution in [2.45, 2.75) is 103 Å².